The third kappa shape index (κ3) is 5.50. The van der Waals surface area contributed by atoms with Crippen LogP contribution >= 0.6 is 11.6 Å². The lowest BCUT2D eigenvalue weighted by Gasteiger charge is -2.07. The molecule has 0 aliphatic carbocycles. The van der Waals surface area contributed by atoms with Crippen LogP contribution in [0.2, 0.25) is 5.02 Å². The number of amides is 1. The Bertz CT molecular complexity index is 1210. The summed E-state index contributed by atoms with van der Waals surface area (Å²) in [7, 11) is 0. The molecule has 8 heteroatoms. The maximum Gasteiger partial charge on any atom is 0.262 e. The number of rotatable bonds is 7. The highest BCUT2D eigenvalue weighted by molar-refractivity contribution is 6.30. The Morgan fingerprint density at radius 3 is 2.12 bits per heavy atom. The zero-order valence-electron chi connectivity index (χ0n) is 16.8. The van der Waals surface area contributed by atoms with E-state index in [1.807, 2.05) is 0 Å². The number of halogens is 3. The molecule has 0 unspecified atom stereocenters. The van der Waals surface area contributed by atoms with Crippen LogP contribution in [-0.2, 0) is 13.2 Å². The van der Waals surface area contributed by atoms with Gasteiger partial charge in [-0.15, -0.1) is 5.10 Å². The fourth-order valence-corrected chi connectivity index (χ4v) is 3.11. The smallest absolute Gasteiger partial charge is 0.262 e. The van der Waals surface area contributed by atoms with E-state index in [0.717, 1.165) is 11.1 Å². The van der Waals surface area contributed by atoms with Crippen LogP contribution in [0, 0.1) is 11.6 Å². The van der Waals surface area contributed by atoms with Crippen LogP contribution in [0.15, 0.2) is 79.0 Å². The Balaban J connectivity index is 1.56. The maximum absolute atomic E-state index is 13.2. The van der Waals surface area contributed by atoms with Gasteiger partial charge in [-0.2, -0.15) is 0 Å². The molecule has 0 bridgehead atoms. The standard InChI is InChI=1S/C24H18ClF2N3O2/c25-18-5-11-21(12-6-18)28-23(31)22-14-30(13-16-1-7-19(26)8-2-16)29-24(22)32-15-17-3-9-20(27)10-4-17/h1-12,14H,13,15H2,(H,28,31). The second-order valence-electron chi connectivity index (χ2n) is 7.05. The first-order valence-electron chi connectivity index (χ1n) is 9.72. The Morgan fingerprint density at radius 1 is 0.906 bits per heavy atom. The molecule has 5 nitrogen and oxygen atoms in total. The lowest BCUT2D eigenvalue weighted by molar-refractivity contribution is 0.102. The molecule has 0 saturated carbocycles. The van der Waals surface area contributed by atoms with Gasteiger partial charge in [0, 0.05) is 16.9 Å². The summed E-state index contributed by atoms with van der Waals surface area (Å²) in [6, 6.07) is 18.6. The van der Waals surface area contributed by atoms with E-state index in [2.05, 4.69) is 10.4 Å². The molecule has 1 amide bonds. The number of nitrogens with one attached hydrogen (secondary N) is 1. The number of carbonyl (C=O) groups is 1. The number of anilines is 1. The summed E-state index contributed by atoms with van der Waals surface area (Å²) in [6.45, 7) is 0.427. The largest absolute Gasteiger partial charge is 0.471 e. The molecule has 1 heterocycles. The van der Waals surface area contributed by atoms with Crippen molar-refractivity contribution in [2.75, 3.05) is 5.32 Å². The zero-order valence-corrected chi connectivity index (χ0v) is 17.5. The quantitative estimate of drug-likeness (QED) is 0.391. The van der Waals surface area contributed by atoms with E-state index in [4.69, 9.17) is 16.3 Å². The van der Waals surface area contributed by atoms with Crippen molar-refractivity contribution in [2.24, 2.45) is 0 Å². The van der Waals surface area contributed by atoms with Crippen molar-refractivity contribution in [2.45, 2.75) is 13.2 Å². The number of carbonyl (C=O) groups excluding carboxylic acids is 1. The van der Waals surface area contributed by atoms with Crippen molar-refractivity contribution in [3.8, 4) is 5.88 Å². The van der Waals surface area contributed by atoms with Gasteiger partial charge in [-0.1, -0.05) is 35.9 Å². The first kappa shape index (κ1) is 21.5. The average molecular weight is 454 g/mol. The molecule has 1 N–H and O–H groups in total. The summed E-state index contributed by atoms with van der Waals surface area (Å²) in [5.74, 6) is -0.962. The zero-order chi connectivity index (χ0) is 22.5. The molecule has 0 atom stereocenters. The van der Waals surface area contributed by atoms with Gasteiger partial charge in [0.25, 0.3) is 5.91 Å². The number of nitrogens with zero attached hydrogens (tertiary/aromatic N) is 2. The molecule has 0 aliphatic heterocycles. The highest BCUT2D eigenvalue weighted by Gasteiger charge is 2.19. The van der Waals surface area contributed by atoms with Crippen molar-refractivity contribution in [3.63, 3.8) is 0 Å². The van der Waals surface area contributed by atoms with Gasteiger partial charge in [0.1, 0.15) is 23.8 Å². The molecule has 3 aromatic carbocycles. The first-order valence-corrected chi connectivity index (χ1v) is 10.1. The molecule has 0 spiro atoms. The lowest BCUT2D eigenvalue weighted by atomic mass is 10.2. The lowest BCUT2D eigenvalue weighted by Crippen LogP contribution is -2.12. The van der Waals surface area contributed by atoms with Crippen LogP contribution in [0.25, 0.3) is 0 Å². The van der Waals surface area contributed by atoms with Gasteiger partial charge in [-0.3, -0.25) is 9.48 Å². The van der Waals surface area contributed by atoms with Gasteiger partial charge < -0.3 is 10.1 Å². The van der Waals surface area contributed by atoms with E-state index >= 15 is 0 Å². The topological polar surface area (TPSA) is 56.2 Å². The minimum absolute atomic E-state index is 0.106. The van der Waals surface area contributed by atoms with Gasteiger partial charge in [-0.25, -0.2) is 8.78 Å². The van der Waals surface area contributed by atoms with Crippen molar-refractivity contribution >= 4 is 23.2 Å². The minimum atomic E-state index is -0.410. The summed E-state index contributed by atoms with van der Waals surface area (Å²) in [5, 5.41) is 7.72. The molecule has 162 valence electrons. The van der Waals surface area contributed by atoms with Crippen LogP contribution in [0.1, 0.15) is 21.5 Å². The highest BCUT2D eigenvalue weighted by Crippen LogP contribution is 2.21. The molecule has 1 aromatic heterocycles. The molecular weight excluding hydrogens is 436 g/mol. The summed E-state index contributed by atoms with van der Waals surface area (Å²) in [4.78, 5) is 12.9. The Labute approximate surface area is 188 Å². The summed E-state index contributed by atoms with van der Waals surface area (Å²) in [6.07, 6.45) is 1.56. The van der Waals surface area contributed by atoms with E-state index in [1.165, 1.54) is 24.3 Å². The number of hydrogen-bond acceptors (Lipinski definition) is 3. The summed E-state index contributed by atoms with van der Waals surface area (Å²) < 4.78 is 33.7. The first-order chi connectivity index (χ1) is 15.5. The van der Waals surface area contributed by atoms with Gasteiger partial charge in [0.05, 0.1) is 6.54 Å². The molecule has 4 aromatic rings. The van der Waals surface area contributed by atoms with Crippen LogP contribution in [0.5, 0.6) is 5.88 Å². The molecule has 0 saturated heterocycles. The third-order valence-corrected chi connectivity index (χ3v) is 4.87. The fourth-order valence-electron chi connectivity index (χ4n) is 2.99. The van der Waals surface area contributed by atoms with Gasteiger partial charge in [0.2, 0.25) is 5.88 Å². The number of benzene rings is 3. The van der Waals surface area contributed by atoms with E-state index in [9.17, 15) is 13.6 Å². The number of ether oxygens (including phenoxy) is 1. The second kappa shape index (κ2) is 9.62. The monoisotopic (exact) mass is 453 g/mol. The number of aromatic nitrogens is 2. The van der Waals surface area contributed by atoms with Crippen LogP contribution in [-0.4, -0.2) is 15.7 Å². The van der Waals surface area contributed by atoms with Crippen LogP contribution in [0.3, 0.4) is 0 Å². The predicted molar refractivity (Wildman–Crippen MR) is 118 cm³/mol. The van der Waals surface area contributed by atoms with E-state index < -0.39 is 5.91 Å². The Morgan fingerprint density at radius 2 is 1.50 bits per heavy atom. The van der Waals surface area contributed by atoms with Gasteiger partial charge in [0.15, 0.2) is 0 Å². The highest BCUT2D eigenvalue weighted by atomic mass is 35.5. The van der Waals surface area contributed by atoms with Crippen LogP contribution in [0.4, 0.5) is 14.5 Å². The fraction of sp³-hybridized carbons (Fsp3) is 0.0833. The van der Waals surface area contributed by atoms with E-state index in [-0.39, 0.29) is 29.7 Å². The van der Waals surface area contributed by atoms with Gasteiger partial charge >= 0.3 is 0 Å². The molecule has 0 radical (unpaired) electrons. The molecule has 4 rings (SSSR count). The summed E-state index contributed by atoms with van der Waals surface area (Å²) >= 11 is 5.90. The van der Waals surface area contributed by atoms with Crippen molar-refractivity contribution in [1.82, 2.24) is 9.78 Å². The van der Waals surface area contributed by atoms with E-state index in [0.29, 0.717) is 17.3 Å². The van der Waals surface area contributed by atoms with Crippen molar-refractivity contribution in [1.29, 1.82) is 0 Å². The molecular formula is C24H18ClF2N3O2. The normalized spacial score (nSPS) is 10.7. The summed E-state index contributed by atoms with van der Waals surface area (Å²) in [5.41, 5.74) is 2.33. The second-order valence-corrected chi connectivity index (χ2v) is 7.48. The SMILES string of the molecule is O=C(Nc1ccc(Cl)cc1)c1cn(Cc2ccc(F)cc2)nc1OCc1ccc(F)cc1. The third-order valence-electron chi connectivity index (χ3n) is 4.62. The van der Waals surface area contributed by atoms with Crippen molar-refractivity contribution < 1.29 is 18.3 Å². The average Bonchev–Trinajstić information content (AvgIpc) is 3.19. The predicted octanol–water partition coefficient (Wildman–Crippen LogP) is 5.69. The van der Waals surface area contributed by atoms with Gasteiger partial charge in [-0.05, 0) is 59.7 Å². The minimum Gasteiger partial charge on any atom is -0.471 e. The molecule has 0 aliphatic rings. The maximum atomic E-state index is 13.2. The molecule has 32 heavy (non-hydrogen) atoms. The van der Waals surface area contributed by atoms with Crippen molar-refractivity contribution in [3.05, 3.63) is 112 Å². The molecule has 0 fully saturated rings. The Kier molecular flexibility index (Phi) is 6.47. The van der Waals surface area contributed by atoms with Crippen LogP contribution < -0.4 is 10.1 Å². The number of hydrogen-bond donors (Lipinski definition) is 1. The Hall–Kier alpha value is -3.71. The van der Waals surface area contributed by atoms with E-state index in [1.54, 1.807) is 59.4 Å².